The summed E-state index contributed by atoms with van der Waals surface area (Å²) in [7, 11) is 0. The number of rotatable bonds is 3. The molecule has 0 bridgehead atoms. The topological polar surface area (TPSA) is 45.6 Å². The zero-order chi connectivity index (χ0) is 17.9. The molecule has 2 aromatic carbocycles. The van der Waals surface area contributed by atoms with E-state index in [0.717, 1.165) is 16.8 Å². The number of pyridine rings is 1. The third-order valence-electron chi connectivity index (χ3n) is 4.56. The Balaban J connectivity index is 1.74. The molecule has 0 spiro atoms. The SMILES string of the molecule is Cc1cccc(C2=NN(C(=O)c3ccccc3)C(c3cccnc3)C2)c1. The summed E-state index contributed by atoms with van der Waals surface area (Å²) in [6.45, 7) is 2.06. The predicted octanol–water partition coefficient (Wildman–Crippen LogP) is 4.38. The molecule has 1 aliphatic rings. The van der Waals surface area contributed by atoms with Crippen LogP contribution >= 0.6 is 0 Å². The Morgan fingerprint density at radius 2 is 1.88 bits per heavy atom. The summed E-state index contributed by atoms with van der Waals surface area (Å²) in [6, 6.07) is 21.3. The summed E-state index contributed by atoms with van der Waals surface area (Å²) in [6.07, 6.45) is 4.22. The van der Waals surface area contributed by atoms with Crippen LogP contribution in [0.1, 0.15) is 39.5 Å². The minimum absolute atomic E-state index is 0.0953. The number of hydrogen-bond acceptors (Lipinski definition) is 3. The highest BCUT2D eigenvalue weighted by Gasteiger charge is 2.33. The molecule has 0 saturated carbocycles. The smallest absolute Gasteiger partial charge is 0.267 e. The van der Waals surface area contributed by atoms with Gasteiger partial charge in [-0.1, -0.05) is 54.1 Å². The molecule has 0 fully saturated rings. The van der Waals surface area contributed by atoms with Crippen molar-refractivity contribution >= 4 is 11.6 Å². The molecule has 1 aromatic heterocycles. The molecule has 128 valence electrons. The quantitative estimate of drug-likeness (QED) is 0.709. The van der Waals surface area contributed by atoms with Gasteiger partial charge in [-0.25, -0.2) is 5.01 Å². The van der Waals surface area contributed by atoms with Gasteiger partial charge in [0.2, 0.25) is 0 Å². The van der Waals surface area contributed by atoms with Crippen molar-refractivity contribution in [2.45, 2.75) is 19.4 Å². The molecule has 4 rings (SSSR count). The largest absolute Gasteiger partial charge is 0.274 e. The first-order chi connectivity index (χ1) is 12.7. The molecule has 0 radical (unpaired) electrons. The summed E-state index contributed by atoms with van der Waals surface area (Å²) in [5.41, 5.74) is 4.78. The van der Waals surface area contributed by atoms with Crippen molar-refractivity contribution in [2.75, 3.05) is 0 Å². The van der Waals surface area contributed by atoms with Crippen LogP contribution in [-0.4, -0.2) is 21.6 Å². The number of hydrogen-bond donors (Lipinski definition) is 0. The van der Waals surface area contributed by atoms with Gasteiger partial charge in [0.1, 0.15) is 0 Å². The second kappa shape index (κ2) is 6.92. The first-order valence-corrected chi connectivity index (χ1v) is 8.65. The highest BCUT2D eigenvalue weighted by molar-refractivity contribution is 6.05. The standard InChI is InChI=1S/C22H19N3O/c1-16-7-5-10-18(13-16)20-14-21(19-11-6-12-23-15-19)25(24-20)22(26)17-8-3-2-4-9-17/h2-13,15,21H,14H2,1H3. The number of hydrazone groups is 1. The average molecular weight is 341 g/mol. The molecule has 0 N–H and O–H groups in total. The first-order valence-electron chi connectivity index (χ1n) is 8.65. The van der Waals surface area contributed by atoms with E-state index in [2.05, 4.69) is 24.0 Å². The van der Waals surface area contributed by atoms with Crippen LogP contribution in [0.3, 0.4) is 0 Å². The van der Waals surface area contributed by atoms with Crippen molar-refractivity contribution in [3.8, 4) is 0 Å². The van der Waals surface area contributed by atoms with Crippen LogP contribution in [0, 0.1) is 6.92 Å². The maximum atomic E-state index is 13.1. The van der Waals surface area contributed by atoms with E-state index >= 15 is 0 Å². The van der Waals surface area contributed by atoms with Gasteiger partial charge in [0.05, 0.1) is 11.8 Å². The Morgan fingerprint density at radius 3 is 2.62 bits per heavy atom. The number of nitrogens with zero attached hydrogens (tertiary/aromatic N) is 3. The molecule has 26 heavy (non-hydrogen) atoms. The molecule has 0 aliphatic carbocycles. The molecule has 1 aliphatic heterocycles. The fraction of sp³-hybridized carbons (Fsp3) is 0.136. The fourth-order valence-electron chi connectivity index (χ4n) is 3.24. The second-order valence-corrected chi connectivity index (χ2v) is 6.44. The molecule has 1 atom stereocenters. The van der Waals surface area contributed by atoms with Crippen molar-refractivity contribution < 1.29 is 4.79 Å². The lowest BCUT2D eigenvalue weighted by atomic mass is 9.98. The maximum absolute atomic E-state index is 13.1. The van der Waals surface area contributed by atoms with Crippen LogP contribution < -0.4 is 0 Å². The molecule has 2 heterocycles. The van der Waals surface area contributed by atoms with Crippen LogP contribution in [0.15, 0.2) is 84.2 Å². The maximum Gasteiger partial charge on any atom is 0.274 e. The van der Waals surface area contributed by atoms with E-state index < -0.39 is 0 Å². The van der Waals surface area contributed by atoms with E-state index in [1.807, 2.05) is 60.8 Å². The van der Waals surface area contributed by atoms with Crippen LogP contribution in [-0.2, 0) is 0 Å². The molecular weight excluding hydrogens is 322 g/mol. The van der Waals surface area contributed by atoms with Crippen molar-refractivity contribution in [1.29, 1.82) is 0 Å². The number of carbonyl (C=O) groups excluding carboxylic acids is 1. The molecule has 1 amide bonds. The molecule has 1 unspecified atom stereocenters. The van der Waals surface area contributed by atoms with Gasteiger partial charge in [0.25, 0.3) is 5.91 Å². The molecule has 4 heteroatoms. The van der Waals surface area contributed by atoms with E-state index in [9.17, 15) is 4.79 Å². The first kappa shape index (κ1) is 16.2. The fourth-order valence-corrected chi connectivity index (χ4v) is 3.24. The van der Waals surface area contributed by atoms with Gasteiger partial charge in [-0.15, -0.1) is 0 Å². The molecule has 0 saturated heterocycles. The van der Waals surface area contributed by atoms with Gasteiger partial charge in [0, 0.05) is 24.4 Å². The number of amides is 1. The Labute approximate surface area is 152 Å². The zero-order valence-corrected chi connectivity index (χ0v) is 14.5. The summed E-state index contributed by atoms with van der Waals surface area (Å²) < 4.78 is 0. The third-order valence-corrected chi connectivity index (χ3v) is 4.56. The normalized spacial score (nSPS) is 16.4. The molecule has 3 aromatic rings. The van der Waals surface area contributed by atoms with Gasteiger partial charge in [-0.3, -0.25) is 9.78 Å². The minimum Gasteiger partial charge on any atom is -0.267 e. The predicted molar refractivity (Wildman–Crippen MR) is 102 cm³/mol. The van der Waals surface area contributed by atoms with Crippen LogP contribution in [0.25, 0.3) is 0 Å². The summed E-state index contributed by atoms with van der Waals surface area (Å²) in [5.74, 6) is -0.0953. The minimum atomic E-state index is -0.146. The Bertz CT molecular complexity index is 951. The van der Waals surface area contributed by atoms with Crippen LogP contribution in [0.2, 0.25) is 0 Å². The number of carbonyl (C=O) groups is 1. The third kappa shape index (κ3) is 3.14. The van der Waals surface area contributed by atoms with Crippen LogP contribution in [0.4, 0.5) is 0 Å². The number of aromatic nitrogens is 1. The van der Waals surface area contributed by atoms with E-state index in [4.69, 9.17) is 5.10 Å². The van der Waals surface area contributed by atoms with E-state index in [1.54, 1.807) is 11.2 Å². The Kier molecular flexibility index (Phi) is 4.32. The van der Waals surface area contributed by atoms with Gasteiger partial charge in [0.15, 0.2) is 0 Å². The van der Waals surface area contributed by atoms with E-state index in [0.29, 0.717) is 12.0 Å². The zero-order valence-electron chi connectivity index (χ0n) is 14.5. The van der Waals surface area contributed by atoms with Crippen molar-refractivity contribution in [1.82, 2.24) is 9.99 Å². The summed E-state index contributed by atoms with van der Waals surface area (Å²) in [4.78, 5) is 17.3. The van der Waals surface area contributed by atoms with Gasteiger partial charge >= 0.3 is 0 Å². The Morgan fingerprint density at radius 1 is 1.04 bits per heavy atom. The lowest BCUT2D eigenvalue weighted by molar-refractivity contribution is 0.0711. The molecule has 4 nitrogen and oxygen atoms in total. The summed E-state index contributed by atoms with van der Waals surface area (Å²) in [5, 5.41) is 6.31. The lowest BCUT2D eigenvalue weighted by Gasteiger charge is -2.21. The number of aryl methyl sites for hydroxylation is 1. The van der Waals surface area contributed by atoms with Crippen LogP contribution in [0.5, 0.6) is 0 Å². The monoisotopic (exact) mass is 341 g/mol. The highest BCUT2D eigenvalue weighted by Crippen LogP contribution is 2.33. The molecular formula is C22H19N3O. The number of benzene rings is 2. The van der Waals surface area contributed by atoms with Gasteiger partial charge in [-0.2, -0.15) is 5.10 Å². The average Bonchev–Trinajstić information content (AvgIpc) is 3.14. The van der Waals surface area contributed by atoms with E-state index in [-0.39, 0.29) is 11.9 Å². The highest BCUT2D eigenvalue weighted by atomic mass is 16.2. The van der Waals surface area contributed by atoms with Crippen molar-refractivity contribution in [2.24, 2.45) is 5.10 Å². The lowest BCUT2D eigenvalue weighted by Crippen LogP contribution is -2.27. The van der Waals surface area contributed by atoms with Crippen molar-refractivity contribution in [3.05, 3.63) is 101 Å². The Hall–Kier alpha value is -3.27. The van der Waals surface area contributed by atoms with Crippen molar-refractivity contribution in [3.63, 3.8) is 0 Å². The summed E-state index contributed by atoms with van der Waals surface area (Å²) >= 11 is 0. The van der Waals surface area contributed by atoms with Gasteiger partial charge in [-0.05, 0) is 36.2 Å². The second-order valence-electron chi connectivity index (χ2n) is 6.44. The van der Waals surface area contributed by atoms with E-state index in [1.165, 1.54) is 5.56 Å². The van der Waals surface area contributed by atoms with Gasteiger partial charge < -0.3 is 0 Å².